The van der Waals surface area contributed by atoms with Crippen molar-refractivity contribution in [2.24, 2.45) is 0 Å². The van der Waals surface area contributed by atoms with Crippen molar-refractivity contribution in [2.75, 3.05) is 14.2 Å². The highest BCUT2D eigenvalue weighted by molar-refractivity contribution is 8.01. The zero-order valence-corrected chi connectivity index (χ0v) is 32.1. The van der Waals surface area contributed by atoms with E-state index in [0.717, 1.165) is 57.3 Å². The minimum Gasteiger partial charge on any atom is -0.497 e. The molecule has 10 heteroatoms. The molecule has 0 saturated carbocycles. The Morgan fingerprint density at radius 3 is 1.16 bits per heavy atom. The molecule has 55 heavy (non-hydrogen) atoms. The molecular weight excluding hydrogens is 751 g/mol. The number of thioether (sulfide) groups is 2. The second kappa shape index (κ2) is 14.5. The first-order valence-corrected chi connectivity index (χ1v) is 19.2. The Hall–Kier alpha value is -4.54. The summed E-state index contributed by atoms with van der Waals surface area (Å²) in [6, 6.07) is 25.7. The molecule has 4 aromatic carbocycles. The molecule has 0 N–H and O–H groups in total. The van der Waals surface area contributed by atoms with E-state index in [1.807, 2.05) is 97.1 Å². The molecule has 1 aliphatic carbocycles. The van der Waals surface area contributed by atoms with Crippen LogP contribution in [0.2, 0.25) is 0 Å². The van der Waals surface area contributed by atoms with Crippen LogP contribution in [0.15, 0.2) is 130 Å². The van der Waals surface area contributed by atoms with Gasteiger partial charge in [0.05, 0.1) is 14.2 Å². The lowest BCUT2D eigenvalue weighted by atomic mass is 9.82. The van der Waals surface area contributed by atoms with Crippen LogP contribution in [0, 0.1) is 0 Å². The Labute approximate surface area is 325 Å². The van der Waals surface area contributed by atoms with E-state index in [4.69, 9.17) is 9.47 Å². The Morgan fingerprint density at radius 2 is 0.818 bits per heavy atom. The second-order valence-corrected chi connectivity index (χ2v) is 17.3. The minimum absolute atomic E-state index is 0.0956. The van der Waals surface area contributed by atoms with Gasteiger partial charge in [0.15, 0.2) is 0 Å². The summed E-state index contributed by atoms with van der Waals surface area (Å²) < 4.78 is 102. The third-order valence-electron chi connectivity index (χ3n) is 10.2. The van der Waals surface area contributed by atoms with Crippen molar-refractivity contribution in [1.29, 1.82) is 0 Å². The summed E-state index contributed by atoms with van der Waals surface area (Å²) >= 11 is 1.91. The molecule has 0 fully saturated rings. The Bertz CT molecular complexity index is 2100. The highest BCUT2D eigenvalue weighted by Crippen LogP contribution is 2.70. The summed E-state index contributed by atoms with van der Waals surface area (Å²) in [6.45, 7) is 2.79. The number of hydrogen-bond donors (Lipinski definition) is 0. The Morgan fingerprint density at radius 1 is 0.491 bits per heavy atom. The molecule has 2 unspecified atom stereocenters. The zero-order valence-electron chi connectivity index (χ0n) is 30.5. The molecule has 0 spiro atoms. The fraction of sp³-hybridized carbons (Fsp3) is 0.244. The second-order valence-electron chi connectivity index (χ2n) is 14.2. The highest BCUT2D eigenvalue weighted by atomic mass is 32.2. The summed E-state index contributed by atoms with van der Waals surface area (Å²) in [6.07, 6.45) is 14.7. The molecule has 3 aliphatic rings. The van der Waals surface area contributed by atoms with E-state index in [9.17, 15) is 0 Å². The number of halogens is 6. The molecule has 2 heterocycles. The SMILES string of the molecule is COc1ccc(/C=C/C=C/c2ccc3c(c2)SC(C)(C2=C(C4(C)Cc5ccc(/C=C/C=C/c6ccc(OC)cc6)cc5S4)C(F)(F)C(F)(F)C2(F)F)C3)cc1. The summed E-state index contributed by atoms with van der Waals surface area (Å²) in [4.78, 5) is 1.19. The van der Waals surface area contributed by atoms with E-state index in [1.54, 1.807) is 50.6 Å². The number of allylic oxidation sites excluding steroid dienone is 4. The number of hydrogen-bond acceptors (Lipinski definition) is 4. The number of ether oxygens (including phenoxy) is 2. The van der Waals surface area contributed by atoms with Gasteiger partial charge in [-0.25, -0.2) is 0 Å². The summed E-state index contributed by atoms with van der Waals surface area (Å²) in [7, 11) is 3.19. The standard InChI is InChI=1S/C45H38F6O2S2/c1-41(27-33-19-13-31(25-37(33)54-41)11-7-5-9-29-15-21-35(52-3)22-16-29)39-40(44(48,49)45(50,51)43(39,46)47)42(2)28-34-20-14-32(26-38(34)55-42)12-8-6-10-30-17-23-36(53-4)24-18-30/h5-26H,27-28H2,1-4H3/b9-5+,10-6+,11-7+,12-8+. The van der Waals surface area contributed by atoms with Crippen LogP contribution in [0.4, 0.5) is 26.3 Å². The molecule has 0 saturated heterocycles. The number of methoxy groups -OCH3 is 2. The maximum Gasteiger partial charge on any atom is 0.380 e. The van der Waals surface area contributed by atoms with Crippen LogP contribution in [0.25, 0.3) is 24.3 Å². The number of fused-ring (bicyclic) bond motifs is 2. The fourth-order valence-corrected chi connectivity index (χ4v) is 10.5. The molecule has 0 radical (unpaired) electrons. The molecule has 2 atom stereocenters. The van der Waals surface area contributed by atoms with Crippen molar-refractivity contribution >= 4 is 47.8 Å². The van der Waals surface area contributed by atoms with Gasteiger partial charge in [-0.15, -0.1) is 23.5 Å². The largest absolute Gasteiger partial charge is 0.497 e. The van der Waals surface area contributed by atoms with Gasteiger partial charge < -0.3 is 9.47 Å². The predicted octanol–water partition coefficient (Wildman–Crippen LogP) is 12.9. The monoisotopic (exact) mass is 788 g/mol. The third-order valence-corrected chi connectivity index (χ3v) is 13.0. The smallest absolute Gasteiger partial charge is 0.380 e. The van der Waals surface area contributed by atoms with E-state index in [-0.39, 0.29) is 12.8 Å². The van der Waals surface area contributed by atoms with Crippen LogP contribution in [0.1, 0.15) is 47.2 Å². The molecule has 2 aliphatic heterocycles. The van der Waals surface area contributed by atoms with Crippen LogP contribution < -0.4 is 9.47 Å². The quantitative estimate of drug-likeness (QED) is 0.0905. The van der Waals surface area contributed by atoms with Gasteiger partial charge in [0, 0.05) is 30.4 Å². The Kier molecular flexibility index (Phi) is 10.2. The van der Waals surface area contributed by atoms with Crippen molar-refractivity contribution < 1.29 is 35.8 Å². The van der Waals surface area contributed by atoms with Crippen LogP contribution >= 0.6 is 23.5 Å². The fourth-order valence-electron chi connectivity index (χ4n) is 7.51. The summed E-state index contributed by atoms with van der Waals surface area (Å²) in [5, 5.41) is 0. The highest BCUT2D eigenvalue weighted by Gasteiger charge is 2.83. The lowest BCUT2D eigenvalue weighted by molar-refractivity contribution is -0.266. The molecule has 0 aromatic heterocycles. The number of alkyl halides is 6. The van der Waals surface area contributed by atoms with E-state index in [0.29, 0.717) is 20.9 Å². The molecule has 2 nitrogen and oxygen atoms in total. The number of benzene rings is 4. The van der Waals surface area contributed by atoms with Crippen molar-refractivity contribution in [3.63, 3.8) is 0 Å². The van der Waals surface area contributed by atoms with Gasteiger partial charge in [0.2, 0.25) is 0 Å². The first kappa shape index (κ1) is 38.7. The van der Waals surface area contributed by atoms with Gasteiger partial charge in [-0.05, 0) is 96.5 Å². The van der Waals surface area contributed by atoms with Crippen LogP contribution in [0.5, 0.6) is 11.5 Å². The molecular formula is C45H38F6O2S2. The number of rotatable bonds is 10. The average molecular weight is 789 g/mol. The van der Waals surface area contributed by atoms with Crippen molar-refractivity contribution in [3.8, 4) is 11.5 Å². The average Bonchev–Trinajstić information content (AvgIpc) is 3.72. The van der Waals surface area contributed by atoms with E-state index < -0.39 is 38.4 Å². The molecule has 4 aromatic rings. The van der Waals surface area contributed by atoms with Crippen molar-refractivity contribution in [1.82, 2.24) is 0 Å². The van der Waals surface area contributed by atoms with Gasteiger partial charge in [0.25, 0.3) is 0 Å². The first-order valence-electron chi connectivity index (χ1n) is 17.6. The first-order chi connectivity index (χ1) is 26.1. The minimum atomic E-state index is -5.60. The maximum absolute atomic E-state index is 16.1. The van der Waals surface area contributed by atoms with Gasteiger partial charge in [-0.2, -0.15) is 26.3 Å². The third kappa shape index (κ3) is 7.08. The van der Waals surface area contributed by atoms with Gasteiger partial charge in [0.1, 0.15) is 11.5 Å². The molecule has 7 rings (SSSR count). The molecule has 0 bridgehead atoms. The summed E-state index contributed by atoms with van der Waals surface area (Å²) in [5.41, 5.74) is 2.40. The van der Waals surface area contributed by atoms with Gasteiger partial charge in [-0.3, -0.25) is 0 Å². The van der Waals surface area contributed by atoms with Gasteiger partial charge >= 0.3 is 17.8 Å². The lowest BCUT2D eigenvalue weighted by Crippen LogP contribution is -2.51. The maximum atomic E-state index is 16.1. The van der Waals surface area contributed by atoms with Crippen LogP contribution in [0.3, 0.4) is 0 Å². The summed E-state index contributed by atoms with van der Waals surface area (Å²) in [5.74, 6) is -14.3. The molecule has 0 amide bonds. The van der Waals surface area contributed by atoms with E-state index in [2.05, 4.69) is 0 Å². The van der Waals surface area contributed by atoms with E-state index >= 15 is 26.3 Å². The van der Waals surface area contributed by atoms with E-state index in [1.165, 1.54) is 13.8 Å². The van der Waals surface area contributed by atoms with Crippen LogP contribution in [-0.2, 0) is 12.8 Å². The van der Waals surface area contributed by atoms with Crippen molar-refractivity contribution in [3.05, 3.63) is 154 Å². The van der Waals surface area contributed by atoms with Gasteiger partial charge in [-0.1, -0.05) is 97.1 Å². The normalized spacial score (nSPS) is 23.7. The van der Waals surface area contributed by atoms with Crippen LogP contribution in [-0.4, -0.2) is 41.5 Å². The topological polar surface area (TPSA) is 18.5 Å². The lowest BCUT2D eigenvalue weighted by Gasteiger charge is -2.34. The van der Waals surface area contributed by atoms with Crippen molar-refractivity contribution in [2.45, 2.75) is 63.7 Å². The zero-order chi connectivity index (χ0) is 39.2. The molecule has 284 valence electrons. The Balaban J connectivity index is 1.15. The predicted molar refractivity (Wildman–Crippen MR) is 213 cm³/mol.